The van der Waals surface area contributed by atoms with Gasteiger partial charge in [0.05, 0.1) is 14.2 Å². The van der Waals surface area contributed by atoms with Crippen LogP contribution in [0.1, 0.15) is 18.3 Å². The van der Waals surface area contributed by atoms with Gasteiger partial charge in [-0.15, -0.1) is 0 Å². The summed E-state index contributed by atoms with van der Waals surface area (Å²) >= 11 is 0. The molecule has 1 N–H and O–H groups in total. The standard InChI is InChI=1S/C19H25N3O3/c1-14(13-22-10-9-20-15(22)2)12-21-19(23)8-5-16-11-17(24-3)6-7-18(16)25-4/h5-11,14H,12-13H2,1-4H3,(H,21,23)/b8-5+. The summed E-state index contributed by atoms with van der Waals surface area (Å²) in [4.78, 5) is 16.3. The van der Waals surface area contributed by atoms with Crippen molar-refractivity contribution in [3.8, 4) is 11.5 Å². The molecule has 0 saturated heterocycles. The lowest BCUT2D eigenvalue weighted by Gasteiger charge is -2.13. The molecule has 1 heterocycles. The van der Waals surface area contributed by atoms with Gasteiger partial charge in [-0.3, -0.25) is 4.79 Å². The Balaban J connectivity index is 1.89. The zero-order valence-electron chi connectivity index (χ0n) is 15.2. The predicted molar refractivity (Wildman–Crippen MR) is 97.7 cm³/mol. The molecule has 6 nitrogen and oxygen atoms in total. The van der Waals surface area contributed by atoms with Gasteiger partial charge < -0.3 is 19.4 Å². The molecular weight excluding hydrogens is 318 g/mol. The van der Waals surface area contributed by atoms with E-state index in [1.165, 1.54) is 6.08 Å². The van der Waals surface area contributed by atoms with E-state index in [1.54, 1.807) is 26.5 Å². The van der Waals surface area contributed by atoms with Crippen molar-refractivity contribution in [1.29, 1.82) is 0 Å². The van der Waals surface area contributed by atoms with Crippen LogP contribution in [0.2, 0.25) is 0 Å². The Kier molecular flexibility index (Phi) is 6.62. The second-order valence-electron chi connectivity index (χ2n) is 5.92. The lowest BCUT2D eigenvalue weighted by molar-refractivity contribution is -0.116. The molecule has 2 rings (SSSR count). The molecule has 0 saturated carbocycles. The summed E-state index contributed by atoms with van der Waals surface area (Å²) in [5.74, 6) is 2.54. The summed E-state index contributed by atoms with van der Waals surface area (Å²) in [6.07, 6.45) is 6.96. The zero-order valence-corrected chi connectivity index (χ0v) is 15.2. The molecule has 0 spiro atoms. The van der Waals surface area contributed by atoms with Gasteiger partial charge in [0.25, 0.3) is 0 Å². The lowest BCUT2D eigenvalue weighted by atomic mass is 10.1. The minimum Gasteiger partial charge on any atom is -0.497 e. The lowest BCUT2D eigenvalue weighted by Crippen LogP contribution is -2.28. The monoisotopic (exact) mass is 343 g/mol. The molecule has 0 radical (unpaired) electrons. The molecule has 2 aromatic rings. The molecule has 0 aliphatic heterocycles. The number of hydrogen-bond donors (Lipinski definition) is 1. The quantitative estimate of drug-likeness (QED) is 0.749. The fraction of sp³-hybridized carbons (Fsp3) is 0.368. The largest absolute Gasteiger partial charge is 0.497 e. The number of carbonyl (C=O) groups excluding carboxylic acids is 1. The van der Waals surface area contributed by atoms with Crippen molar-refractivity contribution in [1.82, 2.24) is 14.9 Å². The first kappa shape index (κ1) is 18.6. The number of rotatable bonds is 8. The van der Waals surface area contributed by atoms with Crippen LogP contribution in [-0.2, 0) is 11.3 Å². The highest BCUT2D eigenvalue weighted by Crippen LogP contribution is 2.24. The van der Waals surface area contributed by atoms with Crippen LogP contribution in [0.25, 0.3) is 6.08 Å². The van der Waals surface area contributed by atoms with Crippen molar-refractivity contribution in [3.63, 3.8) is 0 Å². The molecular formula is C19H25N3O3. The van der Waals surface area contributed by atoms with Crippen LogP contribution in [0, 0.1) is 12.8 Å². The van der Waals surface area contributed by atoms with Gasteiger partial charge in [-0.2, -0.15) is 0 Å². The Hall–Kier alpha value is -2.76. The van der Waals surface area contributed by atoms with Gasteiger partial charge in [0.15, 0.2) is 0 Å². The number of methoxy groups -OCH3 is 2. The van der Waals surface area contributed by atoms with E-state index in [1.807, 2.05) is 31.3 Å². The fourth-order valence-electron chi connectivity index (χ4n) is 2.47. The van der Waals surface area contributed by atoms with Crippen LogP contribution >= 0.6 is 0 Å². The van der Waals surface area contributed by atoms with Gasteiger partial charge in [-0.25, -0.2) is 4.98 Å². The van der Waals surface area contributed by atoms with Crippen LogP contribution in [0.15, 0.2) is 36.7 Å². The average Bonchev–Trinajstić information content (AvgIpc) is 3.02. The van der Waals surface area contributed by atoms with Crippen molar-refractivity contribution in [2.45, 2.75) is 20.4 Å². The molecule has 6 heteroatoms. The molecule has 25 heavy (non-hydrogen) atoms. The van der Waals surface area contributed by atoms with Gasteiger partial charge in [-0.05, 0) is 37.1 Å². The molecule has 1 atom stereocenters. The van der Waals surface area contributed by atoms with Crippen LogP contribution in [0.3, 0.4) is 0 Å². The fourth-order valence-corrected chi connectivity index (χ4v) is 2.47. The van der Waals surface area contributed by atoms with Crippen molar-refractivity contribution in [3.05, 3.63) is 48.1 Å². The number of nitrogens with one attached hydrogen (secondary N) is 1. The highest BCUT2D eigenvalue weighted by molar-refractivity contribution is 5.92. The van der Waals surface area contributed by atoms with Gasteiger partial charge in [-0.1, -0.05) is 6.92 Å². The van der Waals surface area contributed by atoms with Gasteiger partial charge in [0.1, 0.15) is 17.3 Å². The summed E-state index contributed by atoms with van der Waals surface area (Å²) in [7, 11) is 3.20. The zero-order chi connectivity index (χ0) is 18.2. The molecule has 0 bridgehead atoms. The van der Waals surface area contributed by atoms with Crippen molar-refractivity contribution in [2.24, 2.45) is 5.92 Å². The highest BCUT2D eigenvalue weighted by atomic mass is 16.5. The molecule has 134 valence electrons. The Bertz CT molecular complexity index is 737. The SMILES string of the molecule is COc1ccc(OC)c(/C=C/C(=O)NCC(C)Cn2ccnc2C)c1. The van der Waals surface area contributed by atoms with Gasteiger partial charge in [0.2, 0.25) is 5.91 Å². The maximum absolute atomic E-state index is 12.1. The van der Waals surface area contributed by atoms with Gasteiger partial charge in [0, 0.05) is 37.1 Å². The number of amides is 1. The second kappa shape index (κ2) is 8.92. The Morgan fingerprint density at radius 3 is 2.80 bits per heavy atom. The summed E-state index contributed by atoms with van der Waals surface area (Å²) in [6.45, 7) is 5.47. The van der Waals surface area contributed by atoms with Crippen molar-refractivity contribution in [2.75, 3.05) is 20.8 Å². The minimum atomic E-state index is -0.140. The molecule has 1 amide bonds. The molecule has 1 aromatic carbocycles. The maximum Gasteiger partial charge on any atom is 0.244 e. The van der Waals surface area contributed by atoms with Crippen molar-refractivity contribution < 1.29 is 14.3 Å². The third-order valence-corrected chi connectivity index (χ3v) is 3.91. The number of aromatic nitrogens is 2. The molecule has 1 aromatic heterocycles. The third-order valence-electron chi connectivity index (χ3n) is 3.91. The van der Waals surface area contributed by atoms with Crippen LogP contribution in [-0.4, -0.2) is 36.2 Å². The summed E-state index contributed by atoms with van der Waals surface area (Å²) in [6, 6.07) is 5.45. The molecule has 0 aliphatic rings. The predicted octanol–water partition coefficient (Wildman–Crippen LogP) is 2.67. The van der Waals surface area contributed by atoms with E-state index in [-0.39, 0.29) is 5.91 Å². The normalized spacial score (nSPS) is 12.2. The van der Waals surface area contributed by atoms with E-state index in [2.05, 4.69) is 21.8 Å². The first-order chi connectivity index (χ1) is 12.0. The first-order valence-electron chi connectivity index (χ1n) is 8.19. The third kappa shape index (κ3) is 5.38. The number of imidazole rings is 1. The number of nitrogens with zero attached hydrogens (tertiary/aromatic N) is 2. The van der Waals surface area contributed by atoms with Gasteiger partial charge >= 0.3 is 0 Å². The Morgan fingerprint density at radius 1 is 1.36 bits per heavy atom. The average molecular weight is 343 g/mol. The number of ether oxygens (including phenoxy) is 2. The number of benzene rings is 1. The van der Waals surface area contributed by atoms with E-state index in [4.69, 9.17) is 9.47 Å². The van der Waals surface area contributed by atoms with E-state index in [0.717, 1.165) is 17.9 Å². The first-order valence-corrected chi connectivity index (χ1v) is 8.19. The van der Waals surface area contributed by atoms with Crippen LogP contribution < -0.4 is 14.8 Å². The Morgan fingerprint density at radius 2 is 2.16 bits per heavy atom. The molecule has 1 unspecified atom stereocenters. The maximum atomic E-state index is 12.1. The van der Waals surface area contributed by atoms with E-state index in [9.17, 15) is 4.79 Å². The van der Waals surface area contributed by atoms with Crippen LogP contribution in [0.5, 0.6) is 11.5 Å². The smallest absolute Gasteiger partial charge is 0.244 e. The Labute approximate surface area is 148 Å². The number of hydrogen-bond acceptors (Lipinski definition) is 4. The summed E-state index contributed by atoms with van der Waals surface area (Å²) in [5.41, 5.74) is 0.791. The molecule has 0 fully saturated rings. The minimum absolute atomic E-state index is 0.140. The van der Waals surface area contributed by atoms with Crippen molar-refractivity contribution >= 4 is 12.0 Å². The van der Waals surface area contributed by atoms with Crippen LogP contribution in [0.4, 0.5) is 0 Å². The highest BCUT2D eigenvalue weighted by Gasteiger charge is 2.07. The summed E-state index contributed by atoms with van der Waals surface area (Å²) < 4.78 is 12.6. The number of carbonyl (C=O) groups is 1. The summed E-state index contributed by atoms with van der Waals surface area (Å²) in [5, 5.41) is 2.92. The van der Waals surface area contributed by atoms with E-state index in [0.29, 0.717) is 24.0 Å². The van der Waals surface area contributed by atoms with E-state index < -0.39 is 0 Å². The molecule has 0 aliphatic carbocycles. The van der Waals surface area contributed by atoms with E-state index >= 15 is 0 Å². The second-order valence-corrected chi connectivity index (χ2v) is 5.92. The topological polar surface area (TPSA) is 65.4 Å². The number of aryl methyl sites for hydroxylation is 1.